The van der Waals surface area contributed by atoms with E-state index >= 15 is 0 Å². The summed E-state index contributed by atoms with van der Waals surface area (Å²) in [6, 6.07) is 5.67. The van der Waals surface area contributed by atoms with Crippen molar-refractivity contribution in [1.29, 1.82) is 0 Å². The van der Waals surface area contributed by atoms with E-state index in [1.54, 1.807) is 14.0 Å². The number of likely N-dealkylation sites (N-methyl/N-ethyl adjacent to an activating group) is 1. The molecule has 0 aliphatic heterocycles. The van der Waals surface area contributed by atoms with Crippen molar-refractivity contribution in [1.82, 2.24) is 4.90 Å². The molecule has 6 heteroatoms. The molecule has 0 radical (unpaired) electrons. The molecule has 1 amide bonds. The Balaban J connectivity index is 2.23. The van der Waals surface area contributed by atoms with E-state index in [0.717, 1.165) is 0 Å². The normalized spacial score (nSPS) is 10.0. The predicted molar refractivity (Wildman–Crippen MR) is 75.4 cm³/mol. The summed E-state index contributed by atoms with van der Waals surface area (Å²) in [5.41, 5.74) is 0. The van der Waals surface area contributed by atoms with Crippen molar-refractivity contribution in [3.05, 3.63) is 30.1 Å². The number of benzene rings is 1. The molecule has 0 aromatic heterocycles. The highest BCUT2D eigenvalue weighted by atomic mass is 19.1. The standard InChI is InChI=1S/C15H20FNO4/c1-3-20-15(19)9-8-14(18)17(2)10-11-21-13-6-4-12(16)5-7-13/h4-7H,3,8-11H2,1-2H3. The second-order valence-corrected chi connectivity index (χ2v) is 4.42. The van der Waals surface area contributed by atoms with Crippen LogP contribution in [-0.4, -0.2) is 43.6 Å². The lowest BCUT2D eigenvalue weighted by atomic mass is 10.3. The molecule has 0 aliphatic carbocycles. The van der Waals surface area contributed by atoms with E-state index in [0.29, 0.717) is 25.5 Å². The fourth-order valence-corrected chi connectivity index (χ4v) is 1.59. The molecule has 0 spiro atoms. The van der Waals surface area contributed by atoms with Crippen LogP contribution in [0.25, 0.3) is 0 Å². The Kier molecular flexibility index (Phi) is 7.21. The van der Waals surface area contributed by atoms with Crippen LogP contribution < -0.4 is 4.74 Å². The Bertz CT molecular complexity index is 461. The van der Waals surface area contributed by atoms with Gasteiger partial charge in [-0.05, 0) is 31.2 Å². The first-order chi connectivity index (χ1) is 10.0. The smallest absolute Gasteiger partial charge is 0.306 e. The van der Waals surface area contributed by atoms with Gasteiger partial charge in [0.25, 0.3) is 0 Å². The maximum atomic E-state index is 12.7. The summed E-state index contributed by atoms with van der Waals surface area (Å²) in [6.45, 7) is 2.72. The number of ether oxygens (including phenoxy) is 2. The first-order valence-corrected chi connectivity index (χ1v) is 6.81. The van der Waals surface area contributed by atoms with Gasteiger partial charge in [0.2, 0.25) is 5.91 Å². The van der Waals surface area contributed by atoms with Crippen LogP contribution >= 0.6 is 0 Å². The maximum Gasteiger partial charge on any atom is 0.306 e. The molecule has 0 N–H and O–H groups in total. The van der Waals surface area contributed by atoms with Crippen LogP contribution in [0.4, 0.5) is 4.39 Å². The first-order valence-electron chi connectivity index (χ1n) is 6.81. The molecule has 1 aromatic rings. The van der Waals surface area contributed by atoms with E-state index in [1.807, 2.05) is 0 Å². The van der Waals surface area contributed by atoms with Gasteiger partial charge in [0, 0.05) is 13.5 Å². The molecule has 0 aliphatic rings. The van der Waals surface area contributed by atoms with Crippen LogP contribution in [-0.2, 0) is 14.3 Å². The number of carbonyl (C=O) groups is 2. The van der Waals surface area contributed by atoms with Crippen molar-refractivity contribution in [3.63, 3.8) is 0 Å². The molecule has 116 valence electrons. The third-order valence-electron chi connectivity index (χ3n) is 2.78. The summed E-state index contributed by atoms with van der Waals surface area (Å²) < 4.78 is 22.9. The zero-order valence-corrected chi connectivity index (χ0v) is 12.3. The molecule has 0 saturated carbocycles. The number of hydrogen-bond donors (Lipinski definition) is 0. The maximum absolute atomic E-state index is 12.7. The largest absolute Gasteiger partial charge is 0.492 e. The summed E-state index contributed by atoms with van der Waals surface area (Å²) in [5.74, 6) is -0.301. The van der Waals surface area contributed by atoms with Crippen molar-refractivity contribution in [2.45, 2.75) is 19.8 Å². The lowest BCUT2D eigenvalue weighted by Crippen LogP contribution is -2.31. The van der Waals surface area contributed by atoms with Gasteiger partial charge in [0.05, 0.1) is 19.6 Å². The monoisotopic (exact) mass is 297 g/mol. The molecule has 21 heavy (non-hydrogen) atoms. The van der Waals surface area contributed by atoms with Gasteiger partial charge in [-0.1, -0.05) is 0 Å². The molecule has 0 unspecified atom stereocenters. The van der Waals surface area contributed by atoms with E-state index in [-0.39, 0.29) is 30.5 Å². The summed E-state index contributed by atoms with van der Waals surface area (Å²) in [6.07, 6.45) is 0.196. The number of nitrogens with zero attached hydrogens (tertiary/aromatic N) is 1. The Morgan fingerprint density at radius 3 is 2.48 bits per heavy atom. The molecule has 0 saturated heterocycles. The number of rotatable bonds is 8. The van der Waals surface area contributed by atoms with Crippen LogP contribution in [0.15, 0.2) is 24.3 Å². The van der Waals surface area contributed by atoms with E-state index in [4.69, 9.17) is 9.47 Å². The average Bonchev–Trinajstić information content (AvgIpc) is 2.47. The van der Waals surface area contributed by atoms with Gasteiger partial charge in [-0.2, -0.15) is 0 Å². The molecule has 1 aromatic carbocycles. The molecule has 1 rings (SSSR count). The molecule has 5 nitrogen and oxygen atoms in total. The number of halogens is 1. The minimum atomic E-state index is -0.373. The highest BCUT2D eigenvalue weighted by Gasteiger charge is 2.11. The van der Waals surface area contributed by atoms with E-state index in [9.17, 15) is 14.0 Å². The summed E-state index contributed by atoms with van der Waals surface area (Å²) in [5, 5.41) is 0. The lowest BCUT2D eigenvalue weighted by Gasteiger charge is -2.17. The highest BCUT2D eigenvalue weighted by Crippen LogP contribution is 2.10. The molecule has 0 fully saturated rings. The molecule has 0 atom stereocenters. The van der Waals surface area contributed by atoms with Gasteiger partial charge in [0.15, 0.2) is 0 Å². The van der Waals surface area contributed by atoms with Crippen molar-refractivity contribution in [3.8, 4) is 5.75 Å². The summed E-state index contributed by atoms with van der Waals surface area (Å²) in [7, 11) is 1.64. The Hall–Kier alpha value is -2.11. The summed E-state index contributed by atoms with van der Waals surface area (Å²) >= 11 is 0. The predicted octanol–water partition coefficient (Wildman–Crippen LogP) is 2.01. The fraction of sp³-hybridized carbons (Fsp3) is 0.467. The van der Waals surface area contributed by atoms with Crippen LogP contribution in [0.3, 0.4) is 0 Å². The minimum absolute atomic E-state index is 0.0792. The van der Waals surface area contributed by atoms with E-state index in [1.165, 1.54) is 29.2 Å². The Morgan fingerprint density at radius 1 is 1.19 bits per heavy atom. The quantitative estimate of drug-likeness (QED) is 0.689. The number of esters is 1. The second kappa shape index (κ2) is 8.94. The van der Waals surface area contributed by atoms with Crippen LogP contribution in [0, 0.1) is 5.82 Å². The van der Waals surface area contributed by atoms with Gasteiger partial charge < -0.3 is 14.4 Å². The zero-order chi connectivity index (χ0) is 15.7. The number of hydrogen-bond acceptors (Lipinski definition) is 4. The van der Waals surface area contributed by atoms with Crippen LogP contribution in [0.5, 0.6) is 5.75 Å². The number of carbonyl (C=O) groups excluding carboxylic acids is 2. The van der Waals surface area contributed by atoms with Gasteiger partial charge >= 0.3 is 5.97 Å². The van der Waals surface area contributed by atoms with Crippen molar-refractivity contribution in [2.75, 3.05) is 26.8 Å². The second-order valence-electron chi connectivity index (χ2n) is 4.42. The van der Waals surface area contributed by atoms with Crippen LogP contribution in [0.1, 0.15) is 19.8 Å². The Labute approximate surface area is 123 Å². The van der Waals surface area contributed by atoms with Crippen molar-refractivity contribution >= 4 is 11.9 Å². The SMILES string of the molecule is CCOC(=O)CCC(=O)N(C)CCOc1ccc(F)cc1. The van der Waals surface area contributed by atoms with Crippen molar-refractivity contribution < 1.29 is 23.5 Å². The van der Waals surface area contributed by atoms with Gasteiger partial charge in [0.1, 0.15) is 18.2 Å². The minimum Gasteiger partial charge on any atom is -0.492 e. The lowest BCUT2D eigenvalue weighted by molar-refractivity contribution is -0.145. The summed E-state index contributed by atoms with van der Waals surface area (Å²) in [4.78, 5) is 24.4. The molecule has 0 heterocycles. The third kappa shape index (κ3) is 6.74. The molecule has 0 bridgehead atoms. The third-order valence-corrected chi connectivity index (χ3v) is 2.78. The van der Waals surface area contributed by atoms with Gasteiger partial charge in [-0.25, -0.2) is 4.39 Å². The highest BCUT2D eigenvalue weighted by molar-refractivity contribution is 5.81. The van der Waals surface area contributed by atoms with Crippen LogP contribution in [0.2, 0.25) is 0 Å². The fourth-order valence-electron chi connectivity index (χ4n) is 1.59. The molecular weight excluding hydrogens is 277 g/mol. The van der Waals surface area contributed by atoms with Crippen molar-refractivity contribution in [2.24, 2.45) is 0 Å². The van der Waals surface area contributed by atoms with E-state index < -0.39 is 0 Å². The zero-order valence-electron chi connectivity index (χ0n) is 12.3. The number of amides is 1. The average molecular weight is 297 g/mol. The Morgan fingerprint density at radius 2 is 1.86 bits per heavy atom. The van der Waals surface area contributed by atoms with Gasteiger partial charge in [-0.3, -0.25) is 9.59 Å². The van der Waals surface area contributed by atoms with Gasteiger partial charge in [-0.15, -0.1) is 0 Å². The first kappa shape index (κ1) is 16.9. The van der Waals surface area contributed by atoms with E-state index in [2.05, 4.69) is 0 Å². The topological polar surface area (TPSA) is 55.8 Å². The molecular formula is C15H20FNO4.